The van der Waals surface area contributed by atoms with Crippen LogP contribution in [0.25, 0.3) is 0 Å². The molecule has 2 atom stereocenters. The number of aliphatic carboxylic acids is 1. The molecule has 0 spiro atoms. The largest absolute Gasteiger partial charge is 0.481 e. The van der Waals surface area contributed by atoms with E-state index in [4.69, 9.17) is 28.0 Å². The third kappa shape index (κ3) is 7.47. The van der Waals surface area contributed by atoms with Crippen LogP contribution in [0.2, 0.25) is 10.0 Å². The summed E-state index contributed by atoms with van der Waals surface area (Å²) in [7, 11) is 0. The minimum absolute atomic E-state index is 0.0767. The maximum absolute atomic E-state index is 13.6. The average molecular weight is 619 g/mol. The van der Waals surface area contributed by atoms with Crippen LogP contribution < -0.4 is 10.7 Å². The lowest BCUT2D eigenvalue weighted by molar-refractivity contribution is -0.155. The molecule has 13 nitrogen and oxygen atoms in total. The van der Waals surface area contributed by atoms with Crippen LogP contribution in [0.15, 0.2) is 53.7 Å². The molecule has 15 heteroatoms. The van der Waals surface area contributed by atoms with Gasteiger partial charge in [-0.2, -0.15) is 0 Å². The molecule has 2 aromatic rings. The Labute approximate surface area is 250 Å². The van der Waals surface area contributed by atoms with Crippen molar-refractivity contribution >= 4 is 59.1 Å². The van der Waals surface area contributed by atoms with Gasteiger partial charge >= 0.3 is 12.0 Å². The van der Waals surface area contributed by atoms with Crippen molar-refractivity contribution in [2.75, 3.05) is 13.1 Å². The van der Waals surface area contributed by atoms with E-state index in [2.05, 4.69) is 15.9 Å². The summed E-state index contributed by atoms with van der Waals surface area (Å²) in [6.45, 7) is 0.00119. The molecule has 2 aromatic carbocycles. The van der Waals surface area contributed by atoms with Crippen molar-refractivity contribution in [2.45, 2.75) is 44.4 Å². The van der Waals surface area contributed by atoms with Crippen molar-refractivity contribution in [2.24, 2.45) is 5.16 Å². The zero-order chi connectivity index (χ0) is 30.2. The minimum atomic E-state index is -1.22. The smallest absolute Gasteiger partial charge is 0.358 e. The van der Waals surface area contributed by atoms with Crippen molar-refractivity contribution in [1.29, 1.82) is 0 Å². The fourth-order valence-corrected chi connectivity index (χ4v) is 5.00. The summed E-state index contributed by atoms with van der Waals surface area (Å²) >= 11 is 12.2. The number of oxime groups is 1. The molecule has 0 bridgehead atoms. The van der Waals surface area contributed by atoms with E-state index in [0.717, 1.165) is 16.2 Å². The third-order valence-electron chi connectivity index (χ3n) is 6.55. The topological polar surface area (TPSA) is 161 Å². The molecule has 2 fully saturated rings. The van der Waals surface area contributed by atoms with Crippen LogP contribution in [0, 0.1) is 0 Å². The Morgan fingerprint density at radius 3 is 2.48 bits per heavy atom. The van der Waals surface area contributed by atoms with Crippen molar-refractivity contribution < 1.29 is 33.9 Å². The van der Waals surface area contributed by atoms with Gasteiger partial charge in [-0.25, -0.2) is 19.8 Å². The van der Waals surface area contributed by atoms with Gasteiger partial charge in [0.15, 0.2) is 0 Å². The number of amides is 5. The summed E-state index contributed by atoms with van der Waals surface area (Å²) in [6.07, 6.45) is 1.11. The van der Waals surface area contributed by atoms with Gasteiger partial charge in [-0.15, -0.1) is 0 Å². The van der Waals surface area contributed by atoms with Crippen molar-refractivity contribution in [3.05, 3.63) is 69.7 Å². The van der Waals surface area contributed by atoms with Gasteiger partial charge in [0, 0.05) is 34.1 Å². The molecule has 2 aliphatic rings. The van der Waals surface area contributed by atoms with Gasteiger partial charge in [0.05, 0.1) is 25.2 Å². The van der Waals surface area contributed by atoms with Crippen LogP contribution in [-0.2, 0) is 25.8 Å². The van der Waals surface area contributed by atoms with E-state index < -0.39 is 48.2 Å². The van der Waals surface area contributed by atoms with Crippen LogP contribution in [0.4, 0.5) is 4.79 Å². The second-order valence-corrected chi connectivity index (χ2v) is 10.3. The van der Waals surface area contributed by atoms with Crippen LogP contribution in [0.1, 0.15) is 41.6 Å². The molecule has 0 aromatic heterocycles. The zero-order valence-corrected chi connectivity index (χ0v) is 23.8. The van der Waals surface area contributed by atoms with Crippen molar-refractivity contribution in [3.8, 4) is 0 Å². The molecule has 0 radical (unpaired) electrons. The molecule has 0 unspecified atom stereocenters. The van der Waals surface area contributed by atoms with Gasteiger partial charge in [0.2, 0.25) is 11.8 Å². The molecule has 42 heavy (non-hydrogen) atoms. The fraction of sp³-hybridized carbons (Fsp3) is 0.333. The molecule has 4 rings (SSSR count). The van der Waals surface area contributed by atoms with Gasteiger partial charge in [0.1, 0.15) is 12.6 Å². The van der Waals surface area contributed by atoms with E-state index in [1.165, 1.54) is 5.01 Å². The minimum Gasteiger partial charge on any atom is -0.481 e. The lowest BCUT2D eigenvalue weighted by atomic mass is 10.1. The molecule has 2 aliphatic heterocycles. The number of hydrogen-bond donors (Lipinski definition) is 3. The summed E-state index contributed by atoms with van der Waals surface area (Å²) in [4.78, 5) is 69.3. The second kappa shape index (κ2) is 14.0. The van der Waals surface area contributed by atoms with Crippen molar-refractivity contribution in [3.63, 3.8) is 0 Å². The lowest BCUT2D eigenvalue weighted by Gasteiger charge is -2.43. The third-order valence-corrected chi connectivity index (χ3v) is 7.26. The number of hydrogen-bond acceptors (Lipinski definition) is 7. The van der Waals surface area contributed by atoms with Gasteiger partial charge in [-0.05, 0) is 37.1 Å². The Balaban J connectivity index is 1.47. The lowest BCUT2D eigenvalue weighted by Crippen LogP contribution is -2.64. The van der Waals surface area contributed by atoms with E-state index >= 15 is 0 Å². The Bertz CT molecular complexity index is 1360. The first kappa shape index (κ1) is 30.6. The Hall–Kier alpha value is -4.36. The number of nitrogens with zero attached hydrogens (tertiary/aromatic N) is 4. The number of carboxylic acid groups (broad SMARTS) is 1. The van der Waals surface area contributed by atoms with Crippen LogP contribution in [0.3, 0.4) is 0 Å². The summed E-state index contributed by atoms with van der Waals surface area (Å²) in [5.74, 6) is -2.88. The van der Waals surface area contributed by atoms with Gasteiger partial charge in [-0.1, -0.05) is 52.6 Å². The molecule has 0 aliphatic carbocycles. The number of halogens is 2. The predicted molar refractivity (Wildman–Crippen MR) is 151 cm³/mol. The Kier molecular flexibility index (Phi) is 10.2. The van der Waals surface area contributed by atoms with Gasteiger partial charge in [-0.3, -0.25) is 24.6 Å². The van der Waals surface area contributed by atoms with E-state index in [9.17, 15) is 29.1 Å². The summed E-state index contributed by atoms with van der Waals surface area (Å²) in [5.41, 5.74) is 3.30. The number of rotatable bonds is 10. The first-order chi connectivity index (χ1) is 20.2. The molecule has 3 N–H and O–H groups in total. The summed E-state index contributed by atoms with van der Waals surface area (Å²) in [6, 6.07) is 10.1. The number of carbonyl (C=O) groups is 5. The number of carboxylic acids is 1. The summed E-state index contributed by atoms with van der Waals surface area (Å²) in [5, 5.41) is 19.7. The van der Waals surface area contributed by atoms with Crippen LogP contribution >= 0.6 is 23.2 Å². The van der Waals surface area contributed by atoms with Crippen molar-refractivity contribution in [1.82, 2.24) is 25.8 Å². The normalized spacial score (nSPS) is 17.9. The van der Waals surface area contributed by atoms with E-state index in [0.29, 0.717) is 27.6 Å². The van der Waals surface area contributed by atoms with E-state index in [1.807, 2.05) is 0 Å². The number of fused-ring (bicyclic) bond motifs is 1. The maximum Gasteiger partial charge on any atom is 0.358 e. The predicted octanol–water partition coefficient (Wildman–Crippen LogP) is 2.83. The molecule has 5 amide bonds. The molecule has 2 heterocycles. The Morgan fingerprint density at radius 2 is 1.79 bits per heavy atom. The highest BCUT2D eigenvalue weighted by Gasteiger charge is 2.44. The molecule has 0 saturated carbocycles. The second-order valence-electron chi connectivity index (χ2n) is 9.45. The highest BCUT2D eigenvalue weighted by Crippen LogP contribution is 2.25. The number of hydrazine groups is 2. The number of nitrogens with one attached hydrogen (secondary N) is 2. The zero-order valence-electron chi connectivity index (χ0n) is 22.2. The quantitative estimate of drug-likeness (QED) is 0.272. The van der Waals surface area contributed by atoms with E-state index in [1.54, 1.807) is 48.5 Å². The number of urea groups is 1. The first-order valence-electron chi connectivity index (χ1n) is 13.0. The highest BCUT2D eigenvalue weighted by molar-refractivity contribution is 6.35. The first-order valence-corrected chi connectivity index (χ1v) is 13.8. The number of benzene rings is 2. The van der Waals surface area contributed by atoms with E-state index in [-0.39, 0.29) is 32.5 Å². The molecule has 2 saturated heterocycles. The van der Waals surface area contributed by atoms with Gasteiger partial charge < -0.3 is 15.3 Å². The summed E-state index contributed by atoms with van der Waals surface area (Å²) < 4.78 is 0. The molecular formula is C27H28Cl2N6O7. The maximum atomic E-state index is 13.6. The molecular weight excluding hydrogens is 591 g/mol. The number of carbonyl (C=O) groups excluding carboxylic acids is 4. The van der Waals surface area contributed by atoms with Crippen LogP contribution in [0.5, 0.6) is 0 Å². The average Bonchev–Trinajstić information content (AvgIpc) is 3.08. The standard InChI is InChI=1S/C27H28Cl2N6O7/c28-20-8-4-9-21(29)19(20)16-42-30-15-18(14-24(37)38)31-26(40)22-10-5-12-34-23(36)11-13-33(27(41)35(22)34)32-25(39)17-6-2-1-3-7-17/h1-4,6-9,15,18,22H,5,10-14,16H2,(H,31,40)(H,32,39)(H,37,38)/t18-,22-/m0/s1. The van der Waals surface area contributed by atoms with Gasteiger partial charge in [0.25, 0.3) is 5.91 Å². The Morgan fingerprint density at radius 1 is 1.07 bits per heavy atom. The van der Waals surface area contributed by atoms with Crippen LogP contribution in [-0.4, -0.2) is 81.2 Å². The monoisotopic (exact) mass is 618 g/mol. The highest BCUT2D eigenvalue weighted by atomic mass is 35.5. The SMILES string of the molecule is O=C(O)C[C@@H](C=NOCc1c(Cl)cccc1Cl)NC(=O)[C@@H]1CCCN2C(=O)CCN(NC(=O)c3ccccc3)C(=O)N12. The molecule has 222 valence electrons. The fourth-order valence-electron chi connectivity index (χ4n) is 4.49.